The van der Waals surface area contributed by atoms with E-state index in [1.165, 1.54) is 13.8 Å². The van der Waals surface area contributed by atoms with Crippen molar-refractivity contribution in [3.8, 4) is 0 Å². The van der Waals surface area contributed by atoms with Crippen molar-refractivity contribution >= 4 is 18.5 Å². The lowest BCUT2D eigenvalue weighted by molar-refractivity contribution is -0.0463. The number of hydrogen-bond acceptors (Lipinski definition) is 6. The molecule has 0 bridgehead atoms. The first-order chi connectivity index (χ1) is 8.73. The highest BCUT2D eigenvalue weighted by Crippen LogP contribution is 2.38. The lowest BCUT2D eigenvalue weighted by atomic mass is 10.0. The SMILES string of the molecule is CC1C(OC(=O)O)C(C)C(OC(=O)O)C1OC(=O)O. The molecule has 0 aromatic carbocycles. The molecule has 3 N–H and O–H groups in total. The Kier molecular flexibility index (Phi) is 4.41. The molecule has 4 atom stereocenters. The van der Waals surface area contributed by atoms with E-state index in [1.54, 1.807) is 0 Å². The van der Waals surface area contributed by atoms with Crippen molar-refractivity contribution in [2.45, 2.75) is 32.2 Å². The maximum absolute atomic E-state index is 10.6. The predicted octanol–water partition coefficient (Wildman–Crippen LogP) is 1.46. The molecular weight excluding hydrogens is 264 g/mol. The number of rotatable bonds is 3. The Balaban J connectivity index is 2.93. The smallest absolute Gasteiger partial charge is 0.450 e. The van der Waals surface area contributed by atoms with E-state index in [-0.39, 0.29) is 0 Å². The zero-order valence-electron chi connectivity index (χ0n) is 10.2. The number of carbonyl (C=O) groups is 3. The summed E-state index contributed by atoms with van der Waals surface area (Å²) in [5, 5.41) is 25.8. The van der Waals surface area contributed by atoms with Gasteiger partial charge in [0.15, 0.2) is 0 Å². The summed E-state index contributed by atoms with van der Waals surface area (Å²) in [5.41, 5.74) is 0. The monoisotopic (exact) mass is 278 g/mol. The molecule has 0 heterocycles. The Hall–Kier alpha value is -2.19. The molecular formula is C10H14O9. The second-order valence-electron chi connectivity index (χ2n) is 4.26. The average molecular weight is 278 g/mol. The fraction of sp³-hybridized carbons (Fsp3) is 0.700. The van der Waals surface area contributed by atoms with Gasteiger partial charge in [-0.05, 0) is 0 Å². The zero-order valence-corrected chi connectivity index (χ0v) is 10.2. The van der Waals surface area contributed by atoms with Crippen LogP contribution in [0.4, 0.5) is 14.4 Å². The van der Waals surface area contributed by atoms with E-state index in [1.807, 2.05) is 0 Å². The van der Waals surface area contributed by atoms with Gasteiger partial charge in [-0.15, -0.1) is 0 Å². The molecule has 9 nitrogen and oxygen atoms in total. The van der Waals surface area contributed by atoms with Crippen LogP contribution in [0.5, 0.6) is 0 Å². The summed E-state index contributed by atoms with van der Waals surface area (Å²) in [4.78, 5) is 31.7. The van der Waals surface area contributed by atoms with Gasteiger partial charge < -0.3 is 29.5 Å². The molecule has 0 saturated heterocycles. The van der Waals surface area contributed by atoms with E-state index in [0.29, 0.717) is 0 Å². The van der Waals surface area contributed by atoms with Gasteiger partial charge in [0.25, 0.3) is 0 Å². The molecule has 4 unspecified atom stereocenters. The normalized spacial score (nSPS) is 33.5. The van der Waals surface area contributed by atoms with E-state index in [2.05, 4.69) is 14.2 Å². The second-order valence-corrected chi connectivity index (χ2v) is 4.26. The van der Waals surface area contributed by atoms with Crippen molar-refractivity contribution in [3.05, 3.63) is 0 Å². The van der Waals surface area contributed by atoms with Crippen LogP contribution in [0.2, 0.25) is 0 Å². The summed E-state index contributed by atoms with van der Waals surface area (Å²) in [6, 6.07) is 0. The van der Waals surface area contributed by atoms with Crippen LogP contribution in [-0.2, 0) is 14.2 Å². The molecule has 0 aliphatic heterocycles. The summed E-state index contributed by atoms with van der Waals surface area (Å²) in [6.45, 7) is 3.01. The minimum Gasteiger partial charge on any atom is -0.450 e. The third-order valence-corrected chi connectivity index (χ3v) is 3.11. The van der Waals surface area contributed by atoms with Crippen molar-refractivity contribution < 1.29 is 43.9 Å². The van der Waals surface area contributed by atoms with Crippen LogP contribution >= 0.6 is 0 Å². The summed E-state index contributed by atoms with van der Waals surface area (Å²) in [5.74, 6) is -1.32. The molecule has 1 fully saturated rings. The van der Waals surface area contributed by atoms with Crippen molar-refractivity contribution in [1.82, 2.24) is 0 Å². The van der Waals surface area contributed by atoms with Crippen LogP contribution in [-0.4, -0.2) is 52.1 Å². The summed E-state index contributed by atoms with van der Waals surface area (Å²) in [6.07, 6.45) is -7.88. The molecule has 1 aliphatic rings. The number of hydrogen-bond donors (Lipinski definition) is 3. The van der Waals surface area contributed by atoms with Crippen LogP contribution in [0.15, 0.2) is 0 Å². The van der Waals surface area contributed by atoms with Crippen LogP contribution < -0.4 is 0 Å². The lowest BCUT2D eigenvalue weighted by Crippen LogP contribution is -2.35. The van der Waals surface area contributed by atoms with E-state index in [0.717, 1.165) is 0 Å². The first-order valence-corrected chi connectivity index (χ1v) is 5.42. The Morgan fingerprint density at radius 2 is 0.947 bits per heavy atom. The number of carboxylic acid groups (broad SMARTS) is 3. The van der Waals surface area contributed by atoms with Crippen LogP contribution in [0.3, 0.4) is 0 Å². The largest absolute Gasteiger partial charge is 0.506 e. The Morgan fingerprint density at radius 1 is 0.684 bits per heavy atom. The Morgan fingerprint density at radius 3 is 1.21 bits per heavy atom. The van der Waals surface area contributed by atoms with E-state index >= 15 is 0 Å². The summed E-state index contributed by atoms with van der Waals surface area (Å²) >= 11 is 0. The molecule has 9 heteroatoms. The Labute approximate surface area is 107 Å². The first-order valence-electron chi connectivity index (χ1n) is 5.42. The van der Waals surface area contributed by atoms with Crippen molar-refractivity contribution in [3.63, 3.8) is 0 Å². The highest BCUT2D eigenvalue weighted by atomic mass is 16.7. The van der Waals surface area contributed by atoms with E-state index in [4.69, 9.17) is 15.3 Å². The predicted molar refractivity (Wildman–Crippen MR) is 57.0 cm³/mol. The third-order valence-electron chi connectivity index (χ3n) is 3.11. The molecule has 0 aromatic rings. The molecule has 19 heavy (non-hydrogen) atoms. The molecule has 0 aromatic heterocycles. The third kappa shape index (κ3) is 3.39. The minimum atomic E-state index is -1.60. The van der Waals surface area contributed by atoms with Crippen LogP contribution in [0, 0.1) is 11.8 Å². The molecule has 1 rings (SSSR count). The summed E-state index contributed by atoms with van der Waals surface area (Å²) < 4.78 is 13.8. The highest BCUT2D eigenvalue weighted by Gasteiger charge is 2.53. The van der Waals surface area contributed by atoms with Gasteiger partial charge in [-0.25, -0.2) is 14.4 Å². The second kappa shape index (κ2) is 5.63. The fourth-order valence-electron chi connectivity index (χ4n) is 2.36. The molecule has 1 aliphatic carbocycles. The van der Waals surface area contributed by atoms with Gasteiger partial charge in [-0.2, -0.15) is 0 Å². The van der Waals surface area contributed by atoms with Crippen molar-refractivity contribution in [1.29, 1.82) is 0 Å². The molecule has 0 radical (unpaired) electrons. The van der Waals surface area contributed by atoms with Gasteiger partial charge in [0.2, 0.25) is 0 Å². The van der Waals surface area contributed by atoms with Gasteiger partial charge >= 0.3 is 18.5 Å². The van der Waals surface area contributed by atoms with E-state index in [9.17, 15) is 14.4 Å². The highest BCUT2D eigenvalue weighted by molar-refractivity contribution is 5.59. The zero-order chi connectivity index (χ0) is 14.7. The standard InChI is InChI=1S/C10H14O9/c1-3-5(17-8(11)12)4(2)7(19-10(15)16)6(3)18-9(13)14/h3-7H,1-2H3,(H,11,12)(H,13,14)(H,15,16). The lowest BCUT2D eigenvalue weighted by Gasteiger charge is -2.21. The number of ether oxygens (including phenoxy) is 3. The molecule has 0 spiro atoms. The maximum atomic E-state index is 10.6. The molecule has 1 saturated carbocycles. The maximum Gasteiger partial charge on any atom is 0.506 e. The fourth-order valence-corrected chi connectivity index (χ4v) is 2.36. The van der Waals surface area contributed by atoms with Gasteiger partial charge in [-0.1, -0.05) is 13.8 Å². The topological polar surface area (TPSA) is 140 Å². The minimum absolute atomic E-state index is 0.661. The van der Waals surface area contributed by atoms with Gasteiger partial charge in [-0.3, -0.25) is 0 Å². The summed E-state index contributed by atoms with van der Waals surface area (Å²) in [7, 11) is 0. The van der Waals surface area contributed by atoms with Gasteiger partial charge in [0.05, 0.1) is 0 Å². The van der Waals surface area contributed by atoms with E-state index < -0.39 is 48.6 Å². The van der Waals surface area contributed by atoms with Crippen molar-refractivity contribution in [2.24, 2.45) is 11.8 Å². The molecule has 0 amide bonds. The Bertz CT molecular complexity index is 351. The van der Waals surface area contributed by atoms with Gasteiger partial charge in [0, 0.05) is 11.8 Å². The average Bonchev–Trinajstić information content (AvgIpc) is 2.44. The van der Waals surface area contributed by atoms with Crippen molar-refractivity contribution in [2.75, 3.05) is 0 Å². The van der Waals surface area contributed by atoms with Crippen LogP contribution in [0.1, 0.15) is 13.8 Å². The van der Waals surface area contributed by atoms with Gasteiger partial charge in [0.1, 0.15) is 18.3 Å². The quantitative estimate of drug-likeness (QED) is 0.516. The molecule has 108 valence electrons. The van der Waals surface area contributed by atoms with Crippen LogP contribution in [0.25, 0.3) is 0 Å². The first kappa shape index (κ1) is 14.9.